The summed E-state index contributed by atoms with van der Waals surface area (Å²) in [6.07, 6.45) is 3.03. The first-order valence-electron chi connectivity index (χ1n) is 8.97. The van der Waals surface area contributed by atoms with Gasteiger partial charge in [0.1, 0.15) is 17.3 Å². The molecule has 0 spiro atoms. The van der Waals surface area contributed by atoms with Gasteiger partial charge >= 0.3 is 0 Å². The molecule has 0 unspecified atom stereocenters. The summed E-state index contributed by atoms with van der Waals surface area (Å²) in [6.45, 7) is 3.67. The van der Waals surface area contributed by atoms with Gasteiger partial charge in [0.05, 0.1) is 13.7 Å². The minimum atomic E-state index is 0.198. The fourth-order valence-electron chi connectivity index (χ4n) is 2.97. The summed E-state index contributed by atoms with van der Waals surface area (Å²) in [6, 6.07) is 13.4. The zero-order valence-electron chi connectivity index (χ0n) is 15.1. The molecule has 138 valence electrons. The highest BCUT2D eigenvalue weighted by molar-refractivity contribution is 5.76. The average molecular weight is 355 g/mol. The van der Waals surface area contributed by atoms with Crippen LogP contribution in [0.3, 0.4) is 0 Å². The van der Waals surface area contributed by atoms with Gasteiger partial charge in [0.2, 0.25) is 5.91 Å². The van der Waals surface area contributed by atoms with E-state index in [2.05, 4.69) is 9.88 Å². The van der Waals surface area contributed by atoms with E-state index in [4.69, 9.17) is 9.47 Å². The second kappa shape index (κ2) is 9.08. The molecule has 6 heteroatoms. The molecule has 0 saturated carbocycles. The smallest absolute Gasteiger partial charge is 0.222 e. The molecular weight excluding hydrogens is 330 g/mol. The van der Waals surface area contributed by atoms with Gasteiger partial charge in [-0.2, -0.15) is 0 Å². The van der Waals surface area contributed by atoms with Crippen LogP contribution in [0.15, 0.2) is 48.7 Å². The lowest BCUT2D eigenvalue weighted by atomic mass is 10.2. The van der Waals surface area contributed by atoms with Gasteiger partial charge < -0.3 is 19.3 Å². The molecule has 0 N–H and O–H groups in total. The molecule has 26 heavy (non-hydrogen) atoms. The van der Waals surface area contributed by atoms with Gasteiger partial charge in [-0.15, -0.1) is 0 Å². The van der Waals surface area contributed by atoms with E-state index in [1.807, 2.05) is 47.4 Å². The molecule has 0 aliphatic carbocycles. The van der Waals surface area contributed by atoms with Crippen molar-refractivity contribution in [2.45, 2.75) is 12.8 Å². The van der Waals surface area contributed by atoms with Crippen LogP contribution < -0.4 is 14.4 Å². The van der Waals surface area contributed by atoms with Crippen LogP contribution in [0.1, 0.15) is 12.8 Å². The maximum absolute atomic E-state index is 12.4. The maximum Gasteiger partial charge on any atom is 0.222 e. The molecule has 1 amide bonds. The van der Waals surface area contributed by atoms with Gasteiger partial charge in [-0.05, 0) is 42.8 Å². The number of benzene rings is 1. The summed E-state index contributed by atoms with van der Waals surface area (Å²) in [5.41, 5.74) is 0. The van der Waals surface area contributed by atoms with E-state index in [1.54, 1.807) is 13.3 Å². The number of carbonyl (C=O) groups excluding carboxylic acids is 1. The van der Waals surface area contributed by atoms with Crippen molar-refractivity contribution in [2.24, 2.45) is 0 Å². The number of amides is 1. The Balaban J connectivity index is 1.35. The first-order valence-corrected chi connectivity index (χ1v) is 8.97. The van der Waals surface area contributed by atoms with E-state index in [1.165, 1.54) is 0 Å². The number of hydrogen-bond donors (Lipinski definition) is 0. The van der Waals surface area contributed by atoms with Crippen LogP contribution in [-0.4, -0.2) is 55.7 Å². The van der Waals surface area contributed by atoms with Crippen LogP contribution in [0.2, 0.25) is 0 Å². The number of pyridine rings is 1. The minimum Gasteiger partial charge on any atom is -0.497 e. The lowest BCUT2D eigenvalue weighted by molar-refractivity contribution is -0.131. The Hall–Kier alpha value is -2.76. The highest BCUT2D eigenvalue weighted by atomic mass is 16.5. The molecule has 6 nitrogen and oxygen atoms in total. The number of anilines is 1. The molecule has 1 aliphatic rings. The van der Waals surface area contributed by atoms with Crippen molar-refractivity contribution in [3.05, 3.63) is 48.7 Å². The van der Waals surface area contributed by atoms with Crippen molar-refractivity contribution >= 4 is 11.7 Å². The van der Waals surface area contributed by atoms with Gasteiger partial charge in [0, 0.05) is 38.8 Å². The van der Waals surface area contributed by atoms with Crippen LogP contribution in [0.4, 0.5) is 5.82 Å². The summed E-state index contributed by atoms with van der Waals surface area (Å²) < 4.78 is 10.8. The zero-order chi connectivity index (χ0) is 18.2. The lowest BCUT2D eigenvalue weighted by Crippen LogP contribution is -2.49. The van der Waals surface area contributed by atoms with E-state index in [0.717, 1.165) is 43.5 Å². The Morgan fingerprint density at radius 3 is 2.42 bits per heavy atom. The summed E-state index contributed by atoms with van der Waals surface area (Å²) in [4.78, 5) is 20.9. The molecule has 1 saturated heterocycles. The third kappa shape index (κ3) is 4.88. The van der Waals surface area contributed by atoms with Crippen molar-refractivity contribution in [1.82, 2.24) is 9.88 Å². The second-order valence-corrected chi connectivity index (χ2v) is 6.18. The van der Waals surface area contributed by atoms with Crippen molar-refractivity contribution in [2.75, 3.05) is 44.8 Å². The van der Waals surface area contributed by atoms with Crippen LogP contribution in [0.25, 0.3) is 0 Å². The molecular formula is C20H25N3O3. The Bertz CT molecular complexity index is 683. The third-order valence-corrected chi connectivity index (χ3v) is 4.47. The van der Waals surface area contributed by atoms with Gasteiger partial charge in [0.15, 0.2) is 0 Å². The average Bonchev–Trinajstić information content (AvgIpc) is 2.72. The van der Waals surface area contributed by atoms with Crippen molar-refractivity contribution < 1.29 is 14.3 Å². The van der Waals surface area contributed by atoms with E-state index in [9.17, 15) is 4.79 Å². The number of rotatable bonds is 7. The molecule has 0 radical (unpaired) electrons. The summed E-state index contributed by atoms with van der Waals surface area (Å²) in [7, 11) is 1.64. The van der Waals surface area contributed by atoms with Gasteiger partial charge in [-0.25, -0.2) is 4.98 Å². The van der Waals surface area contributed by atoms with E-state index < -0.39 is 0 Å². The Labute approximate surface area is 154 Å². The third-order valence-electron chi connectivity index (χ3n) is 4.47. The van der Waals surface area contributed by atoms with Crippen LogP contribution in [0, 0.1) is 0 Å². The fraction of sp³-hybridized carbons (Fsp3) is 0.400. The van der Waals surface area contributed by atoms with Crippen LogP contribution >= 0.6 is 0 Å². The molecule has 2 heterocycles. The maximum atomic E-state index is 12.4. The molecule has 0 atom stereocenters. The molecule has 1 aromatic carbocycles. The molecule has 1 fully saturated rings. The predicted octanol–water partition coefficient (Wildman–Crippen LogP) is 2.60. The number of ether oxygens (including phenoxy) is 2. The van der Waals surface area contributed by atoms with Crippen molar-refractivity contribution in [3.63, 3.8) is 0 Å². The Morgan fingerprint density at radius 2 is 1.77 bits per heavy atom. The van der Waals surface area contributed by atoms with Gasteiger partial charge in [-0.3, -0.25) is 4.79 Å². The quantitative estimate of drug-likeness (QED) is 0.715. The van der Waals surface area contributed by atoms with Crippen LogP contribution in [0.5, 0.6) is 11.5 Å². The van der Waals surface area contributed by atoms with Crippen molar-refractivity contribution in [1.29, 1.82) is 0 Å². The fourth-order valence-corrected chi connectivity index (χ4v) is 2.97. The summed E-state index contributed by atoms with van der Waals surface area (Å²) >= 11 is 0. The normalized spacial score (nSPS) is 14.2. The highest BCUT2D eigenvalue weighted by Gasteiger charge is 2.21. The highest BCUT2D eigenvalue weighted by Crippen LogP contribution is 2.17. The Morgan fingerprint density at radius 1 is 1.04 bits per heavy atom. The first-order chi connectivity index (χ1) is 12.8. The molecule has 1 aromatic heterocycles. The first kappa shape index (κ1) is 18.0. The van der Waals surface area contributed by atoms with Crippen LogP contribution in [-0.2, 0) is 4.79 Å². The van der Waals surface area contributed by atoms with Gasteiger partial charge in [-0.1, -0.05) is 6.07 Å². The monoisotopic (exact) mass is 355 g/mol. The van der Waals surface area contributed by atoms with E-state index in [0.29, 0.717) is 19.4 Å². The number of nitrogens with zero attached hydrogens (tertiary/aromatic N) is 3. The number of carbonyl (C=O) groups is 1. The number of aromatic nitrogens is 1. The van der Waals surface area contributed by atoms with E-state index in [-0.39, 0.29) is 5.91 Å². The van der Waals surface area contributed by atoms with Gasteiger partial charge in [0.25, 0.3) is 0 Å². The summed E-state index contributed by atoms with van der Waals surface area (Å²) in [5, 5.41) is 0. The number of piperazine rings is 1. The lowest BCUT2D eigenvalue weighted by Gasteiger charge is -2.35. The second-order valence-electron chi connectivity index (χ2n) is 6.18. The molecule has 2 aromatic rings. The minimum absolute atomic E-state index is 0.198. The number of methoxy groups -OCH3 is 1. The largest absolute Gasteiger partial charge is 0.497 e. The molecule has 0 bridgehead atoms. The standard InChI is InChI=1S/C20H25N3O3/c1-25-17-7-9-18(10-8-17)26-16-4-6-20(24)23-14-12-22(13-15-23)19-5-2-3-11-21-19/h2-3,5,7-11H,4,6,12-16H2,1H3. The van der Waals surface area contributed by atoms with Crippen molar-refractivity contribution in [3.8, 4) is 11.5 Å². The number of hydrogen-bond acceptors (Lipinski definition) is 5. The topological polar surface area (TPSA) is 54.9 Å². The van der Waals surface area contributed by atoms with E-state index >= 15 is 0 Å². The zero-order valence-corrected chi connectivity index (χ0v) is 15.1. The Kier molecular flexibility index (Phi) is 6.30. The summed E-state index contributed by atoms with van der Waals surface area (Å²) in [5.74, 6) is 2.77. The molecule has 3 rings (SSSR count). The predicted molar refractivity (Wildman–Crippen MR) is 101 cm³/mol. The SMILES string of the molecule is COc1ccc(OCCCC(=O)N2CCN(c3ccccn3)CC2)cc1. The molecule has 1 aliphatic heterocycles.